The van der Waals surface area contributed by atoms with Crippen LogP contribution in [0.25, 0.3) is 10.2 Å². The summed E-state index contributed by atoms with van der Waals surface area (Å²) in [5, 5.41) is 5.26. The molecule has 0 unspecified atom stereocenters. The maximum Gasteiger partial charge on any atom is 0.106 e. The summed E-state index contributed by atoms with van der Waals surface area (Å²) in [5.74, 6) is 0. The van der Waals surface area contributed by atoms with E-state index in [0.717, 1.165) is 20.9 Å². The average molecular weight is 338 g/mol. The summed E-state index contributed by atoms with van der Waals surface area (Å²) in [5.41, 5.74) is 3.78. The van der Waals surface area contributed by atoms with Crippen LogP contribution in [0.15, 0.2) is 23.8 Å². The summed E-state index contributed by atoms with van der Waals surface area (Å²) >= 11 is 9.65. The van der Waals surface area contributed by atoms with Crippen LogP contribution >= 0.6 is 34.3 Å². The topological polar surface area (TPSA) is 37.8 Å². The highest BCUT2D eigenvalue weighted by Gasteiger charge is 2.18. The number of rotatable bonds is 3. The number of aromatic nitrogens is 2. The van der Waals surface area contributed by atoms with E-state index in [4.69, 9.17) is 11.6 Å². The Kier molecular flexibility index (Phi) is 3.90. The predicted octanol–water partition coefficient (Wildman–Crippen LogP) is 5.32. The predicted molar refractivity (Wildman–Crippen MR) is 92.8 cm³/mol. The van der Waals surface area contributed by atoms with Crippen LogP contribution in [0.5, 0.6) is 0 Å². The van der Waals surface area contributed by atoms with Crippen molar-refractivity contribution in [2.75, 3.05) is 5.32 Å². The van der Waals surface area contributed by atoms with Gasteiger partial charge in [-0.05, 0) is 12.1 Å². The molecule has 0 fully saturated rings. The van der Waals surface area contributed by atoms with Gasteiger partial charge in [-0.25, -0.2) is 9.97 Å². The molecule has 0 bridgehead atoms. The molecule has 0 saturated carbocycles. The number of hydrogen-bond donors (Lipinski definition) is 1. The monoisotopic (exact) mass is 337 g/mol. The molecule has 0 aliphatic heterocycles. The second-order valence-electron chi connectivity index (χ2n) is 5.86. The van der Waals surface area contributed by atoms with Crippen molar-refractivity contribution in [3.05, 3.63) is 38.7 Å². The van der Waals surface area contributed by atoms with E-state index >= 15 is 0 Å². The molecule has 1 aromatic carbocycles. The number of hydrogen-bond acceptors (Lipinski definition) is 5. The summed E-state index contributed by atoms with van der Waals surface area (Å²) < 4.78 is 1.14. The number of nitrogens with zero attached hydrogens (tertiary/aromatic N) is 2. The Balaban J connectivity index is 1.82. The molecule has 3 aromatic rings. The molecule has 0 spiro atoms. The molecule has 0 aliphatic rings. The van der Waals surface area contributed by atoms with Crippen molar-refractivity contribution in [1.29, 1.82) is 0 Å². The number of thiazole rings is 2. The molecule has 6 heteroatoms. The van der Waals surface area contributed by atoms with Gasteiger partial charge >= 0.3 is 0 Å². The molecule has 0 radical (unpaired) electrons. The minimum Gasteiger partial charge on any atom is -0.377 e. The fourth-order valence-corrected chi connectivity index (χ4v) is 3.80. The molecule has 2 heterocycles. The van der Waals surface area contributed by atoms with Gasteiger partial charge in [0.25, 0.3) is 0 Å². The summed E-state index contributed by atoms with van der Waals surface area (Å²) in [6.07, 6.45) is 1.94. The molecule has 0 amide bonds. The summed E-state index contributed by atoms with van der Waals surface area (Å²) in [7, 11) is 0. The van der Waals surface area contributed by atoms with Crippen LogP contribution in [0.4, 0.5) is 5.69 Å². The Labute approximate surface area is 137 Å². The van der Waals surface area contributed by atoms with Gasteiger partial charge in [-0.1, -0.05) is 32.4 Å². The standard InChI is InChI=1S/C15H16ClN3S2/c1-15(2,3)14-18-7-9(21-14)6-17-12-10(16)4-5-11-13(12)19-8-20-11/h4-5,7-8,17H,6H2,1-3H3. The van der Waals surface area contributed by atoms with Crippen molar-refractivity contribution < 1.29 is 0 Å². The molecule has 0 saturated heterocycles. The van der Waals surface area contributed by atoms with Crippen LogP contribution in [-0.2, 0) is 12.0 Å². The Morgan fingerprint density at radius 2 is 2.05 bits per heavy atom. The Hall–Kier alpha value is -1.17. The second kappa shape index (κ2) is 5.55. The fraction of sp³-hybridized carbons (Fsp3) is 0.333. The molecule has 110 valence electrons. The number of halogens is 1. The second-order valence-corrected chi connectivity index (χ2v) is 8.27. The number of anilines is 1. The minimum atomic E-state index is 0.0927. The third-order valence-corrected chi connectivity index (χ3v) is 5.62. The molecular weight excluding hydrogens is 322 g/mol. The van der Waals surface area contributed by atoms with Crippen molar-refractivity contribution >= 4 is 50.2 Å². The Morgan fingerprint density at radius 1 is 1.24 bits per heavy atom. The van der Waals surface area contributed by atoms with Gasteiger partial charge in [0.15, 0.2) is 0 Å². The van der Waals surface area contributed by atoms with Gasteiger partial charge in [0.2, 0.25) is 0 Å². The first-order valence-corrected chi connectivity index (χ1v) is 8.73. The zero-order chi connectivity index (χ0) is 15.0. The van der Waals surface area contributed by atoms with Gasteiger partial charge < -0.3 is 5.32 Å². The first kappa shape index (κ1) is 14.8. The molecule has 0 atom stereocenters. The lowest BCUT2D eigenvalue weighted by atomic mass is 9.98. The van der Waals surface area contributed by atoms with Crippen LogP contribution in [-0.4, -0.2) is 9.97 Å². The molecule has 3 nitrogen and oxygen atoms in total. The first-order chi connectivity index (χ1) is 9.95. The van der Waals surface area contributed by atoms with Crippen molar-refractivity contribution in [2.45, 2.75) is 32.7 Å². The van der Waals surface area contributed by atoms with Gasteiger partial charge in [0.1, 0.15) is 5.52 Å². The Bertz CT molecular complexity index is 771. The molecule has 21 heavy (non-hydrogen) atoms. The van der Waals surface area contributed by atoms with E-state index in [1.54, 1.807) is 22.7 Å². The molecule has 2 aromatic heterocycles. The third-order valence-electron chi connectivity index (χ3n) is 3.09. The summed E-state index contributed by atoms with van der Waals surface area (Å²) in [6.45, 7) is 7.24. The molecular formula is C15H16ClN3S2. The Morgan fingerprint density at radius 3 is 2.76 bits per heavy atom. The highest BCUT2D eigenvalue weighted by atomic mass is 35.5. The maximum absolute atomic E-state index is 6.29. The van der Waals surface area contributed by atoms with Gasteiger partial charge in [-0.15, -0.1) is 22.7 Å². The van der Waals surface area contributed by atoms with Gasteiger partial charge in [-0.3, -0.25) is 0 Å². The van der Waals surface area contributed by atoms with Crippen LogP contribution in [0.1, 0.15) is 30.7 Å². The van der Waals surface area contributed by atoms with Gasteiger partial charge in [0, 0.05) is 16.5 Å². The normalized spacial score (nSPS) is 12.0. The smallest absolute Gasteiger partial charge is 0.106 e. The highest BCUT2D eigenvalue weighted by molar-refractivity contribution is 7.16. The molecule has 3 rings (SSSR count). The van der Waals surface area contributed by atoms with Crippen LogP contribution in [0.3, 0.4) is 0 Å². The zero-order valence-electron chi connectivity index (χ0n) is 12.1. The number of benzene rings is 1. The number of nitrogens with one attached hydrogen (secondary N) is 1. The first-order valence-electron chi connectivity index (χ1n) is 6.66. The van der Waals surface area contributed by atoms with E-state index in [1.165, 1.54) is 4.88 Å². The van der Waals surface area contributed by atoms with E-state index in [1.807, 2.05) is 23.8 Å². The highest BCUT2D eigenvalue weighted by Crippen LogP contribution is 2.33. The van der Waals surface area contributed by atoms with Crippen LogP contribution in [0, 0.1) is 0 Å². The lowest BCUT2D eigenvalue weighted by molar-refractivity contribution is 0.585. The summed E-state index contributed by atoms with van der Waals surface area (Å²) in [4.78, 5) is 10.1. The van der Waals surface area contributed by atoms with Crippen molar-refractivity contribution in [3.63, 3.8) is 0 Å². The molecule has 1 N–H and O–H groups in total. The van der Waals surface area contributed by atoms with E-state index < -0.39 is 0 Å². The quantitative estimate of drug-likeness (QED) is 0.703. The third kappa shape index (κ3) is 3.05. The largest absolute Gasteiger partial charge is 0.377 e. The SMILES string of the molecule is CC(C)(C)c1ncc(CNc2c(Cl)ccc3scnc23)s1. The zero-order valence-corrected chi connectivity index (χ0v) is 14.5. The van der Waals surface area contributed by atoms with Crippen molar-refractivity contribution in [1.82, 2.24) is 9.97 Å². The van der Waals surface area contributed by atoms with Gasteiger partial charge in [0.05, 0.1) is 32.5 Å². The lowest BCUT2D eigenvalue weighted by Gasteiger charge is -2.13. The van der Waals surface area contributed by atoms with E-state index in [-0.39, 0.29) is 5.41 Å². The lowest BCUT2D eigenvalue weighted by Crippen LogP contribution is -2.09. The summed E-state index contributed by atoms with van der Waals surface area (Å²) in [6, 6.07) is 3.92. The van der Waals surface area contributed by atoms with E-state index in [2.05, 4.69) is 36.1 Å². The fourth-order valence-electron chi connectivity index (χ4n) is 1.99. The van der Waals surface area contributed by atoms with Crippen LogP contribution < -0.4 is 5.32 Å². The van der Waals surface area contributed by atoms with Gasteiger partial charge in [-0.2, -0.15) is 0 Å². The number of fused-ring (bicyclic) bond motifs is 1. The minimum absolute atomic E-state index is 0.0927. The molecule has 0 aliphatic carbocycles. The average Bonchev–Trinajstić information content (AvgIpc) is 3.05. The van der Waals surface area contributed by atoms with E-state index in [0.29, 0.717) is 11.6 Å². The van der Waals surface area contributed by atoms with Crippen LogP contribution in [0.2, 0.25) is 5.02 Å². The van der Waals surface area contributed by atoms with Crippen molar-refractivity contribution in [3.8, 4) is 0 Å². The van der Waals surface area contributed by atoms with E-state index in [9.17, 15) is 0 Å². The van der Waals surface area contributed by atoms with Crippen molar-refractivity contribution in [2.24, 2.45) is 0 Å². The maximum atomic E-state index is 6.29.